The Balaban J connectivity index is 1.75. The van der Waals surface area contributed by atoms with Gasteiger partial charge < -0.3 is 4.90 Å². The predicted molar refractivity (Wildman–Crippen MR) is 103 cm³/mol. The molecule has 0 aromatic heterocycles. The van der Waals surface area contributed by atoms with E-state index in [2.05, 4.69) is 0 Å². The summed E-state index contributed by atoms with van der Waals surface area (Å²) >= 11 is 0. The molecule has 1 atom stereocenters. The number of rotatable bonds is 4. The highest BCUT2D eigenvalue weighted by molar-refractivity contribution is 7.91. The Morgan fingerprint density at radius 3 is 2.24 bits per heavy atom. The van der Waals surface area contributed by atoms with Crippen LogP contribution in [0.15, 0.2) is 30.3 Å². The van der Waals surface area contributed by atoms with Gasteiger partial charge in [0.2, 0.25) is 5.91 Å². The molecule has 1 aromatic carbocycles. The van der Waals surface area contributed by atoms with Gasteiger partial charge >= 0.3 is 6.18 Å². The predicted octanol–water partition coefficient (Wildman–Crippen LogP) is 1.55. The van der Waals surface area contributed by atoms with Gasteiger partial charge in [0, 0.05) is 39.3 Å². The second-order valence-corrected chi connectivity index (χ2v) is 9.87. The lowest BCUT2D eigenvalue weighted by Crippen LogP contribution is -2.49. The first-order valence-electron chi connectivity index (χ1n) is 9.72. The summed E-state index contributed by atoms with van der Waals surface area (Å²) in [4.78, 5) is 18.2. The van der Waals surface area contributed by atoms with Crippen LogP contribution >= 0.6 is 0 Å². The minimum atomic E-state index is -4.26. The van der Waals surface area contributed by atoms with Gasteiger partial charge in [0.25, 0.3) is 0 Å². The zero-order chi connectivity index (χ0) is 21.1. The summed E-state index contributed by atoms with van der Waals surface area (Å²) < 4.78 is 61.7. The van der Waals surface area contributed by atoms with Gasteiger partial charge in [0.1, 0.15) is 6.04 Å². The van der Waals surface area contributed by atoms with Crippen molar-refractivity contribution in [3.63, 3.8) is 0 Å². The third-order valence-electron chi connectivity index (χ3n) is 5.40. The van der Waals surface area contributed by atoms with E-state index in [9.17, 15) is 26.4 Å². The number of halogens is 3. The first kappa shape index (κ1) is 22.0. The molecule has 2 fully saturated rings. The van der Waals surface area contributed by atoms with Crippen LogP contribution in [-0.4, -0.2) is 92.5 Å². The number of nitrogens with zero attached hydrogens (tertiary/aromatic N) is 3. The van der Waals surface area contributed by atoms with E-state index >= 15 is 0 Å². The number of hydrogen-bond acceptors (Lipinski definition) is 5. The van der Waals surface area contributed by atoms with Gasteiger partial charge in [-0.2, -0.15) is 13.2 Å². The molecule has 29 heavy (non-hydrogen) atoms. The van der Waals surface area contributed by atoms with Gasteiger partial charge in [-0.05, 0) is 12.0 Å². The molecule has 2 aliphatic heterocycles. The molecule has 162 valence electrons. The smallest absolute Gasteiger partial charge is 0.340 e. The SMILES string of the molecule is O=C(C(c1ccccc1)N1CCS(=O)(=O)CC1)N1CCCN(CC(F)(F)F)CC1. The van der Waals surface area contributed by atoms with Crippen LogP contribution in [0.2, 0.25) is 0 Å². The summed E-state index contributed by atoms with van der Waals surface area (Å²) in [6, 6.07) is 8.53. The standard InChI is InChI=1S/C19H26F3N3O3S/c20-19(21,22)15-23-7-4-8-25(10-9-23)18(26)17(16-5-2-1-3-6-16)24-11-13-29(27,28)14-12-24/h1-3,5-6,17H,4,7-15H2. The quantitative estimate of drug-likeness (QED) is 0.721. The van der Waals surface area contributed by atoms with E-state index in [-0.39, 0.29) is 43.6 Å². The molecule has 0 radical (unpaired) electrons. The molecule has 1 unspecified atom stereocenters. The summed E-state index contributed by atoms with van der Waals surface area (Å²) in [7, 11) is -3.09. The minimum absolute atomic E-state index is 0.00295. The average Bonchev–Trinajstić information content (AvgIpc) is 2.88. The summed E-state index contributed by atoms with van der Waals surface area (Å²) in [5.74, 6) is -0.171. The van der Waals surface area contributed by atoms with Crippen LogP contribution < -0.4 is 0 Å². The Kier molecular flexibility index (Phi) is 6.85. The molecule has 0 N–H and O–H groups in total. The topological polar surface area (TPSA) is 60.9 Å². The van der Waals surface area contributed by atoms with E-state index in [1.54, 1.807) is 4.90 Å². The first-order valence-corrected chi connectivity index (χ1v) is 11.5. The van der Waals surface area contributed by atoms with Crippen molar-refractivity contribution >= 4 is 15.7 Å². The van der Waals surface area contributed by atoms with E-state index in [0.717, 1.165) is 5.56 Å². The number of alkyl halides is 3. The molecular formula is C19H26F3N3O3S. The van der Waals surface area contributed by atoms with Crippen LogP contribution in [-0.2, 0) is 14.6 Å². The molecule has 1 aromatic rings. The summed E-state index contributed by atoms with van der Waals surface area (Å²) in [5.41, 5.74) is 0.771. The zero-order valence-electron chi connectivity index (χ0n) is 16.1. The van der Waals surface area contributed by atoms with Crippen LogP contribution in [0.3, 0.4) is 0 Å². The Morgan fingerprint density at radius 1 is 0.966 bits per heavy atom. The van der Waals surface area contributed by atoms with Crippen molar-refractivity contribution in [2.75, 3.05) is 57.3 Å². The zero-order valence-corrected chi connectivity index (χ0v) is 17.0. The molecule has 3 rings (SSSR count). The Morgan fingerprint density at radius 2 is 1.62 bits per heavy atom. The Hall–Kier alpha value is -1.65. The van der Waals surface area contributed by atoms with Crippen molar-refractivity contribution in [2.24, 2.45) is 0 Å². The number of hydrogen-bond donors (Lipinski definition) is 0. The molecule has 10 heteroatoms. The van der Waals surface area contributed by atoms with E-state index in [0.29, 0.717) is 19.5 Å². The number of carbonyl (C=O) groups is 1. The minimum Gasteiger partial charge on any atom is -0.340 e. The summed E-state index contributed by atoms with van der Waals surface area (Å²) in [5, 5.41) is 0. The van der Waals surface area contributed by atoms with Crippen molar-refractivity contribution in [3.05, 3.63) is 35.9 Å². The van der Waals surface area contributed by atoms with Gasteiger partial charge in [0.15, 0.2) is 9.84 Å². The molecule has 2 saturated heterocycles. The van der Waals surface area contributed by atoms with E-state index < -0.39 is 28.6 Å². The average molecular weight is 433 g/mol. The van der Waals surface area contributed by atoms with Crippen molar-refractivity contribution in [1.82, 2.24) is 14.7 Å². The maximum Gasteiger partial charge on any atom is 0.401 e. The van der Waals surface area contributed by atoms with Crippen molar-refractivity contribution in [3.8, 4) is 0 Å². The molecule has 0 bridgehead atoms. The van der Waals surface area contributed by atoms with Crippen molar-refractivity contribution in [2.45, 2.75) is 18.6 Å². The summed E-state index contributed by atoms with van der Waals surface area (Å²) in [6.07, 6.45) is -3.79. The van der Waals surface area contributed by atoms with Gasteiger partial charge in [-0.15, -0.1) is 0 Å². The molecule has 0 spiro atoms. The Bertz CT molecular complexity index is 788. The highest BCUT2D eigenvalue weighted by atomic mass is 32.2. The van der Waals surface area contributed by atoms with Gasteiger partial charge in [-0.3, -0.25) is 14.6 Å². The number of carbonyl (C=O) groups excluding carboxylic acids is 1. The highest BCUT2D eigenvalue weighted by Crippen LogP contribution is 2.26. The molecule has 2 aliphatic rings. The summed E-state index contributed by atoms with van der Waals surface area (Å²) in [6.45, 7) is 0.639. The second-order valence-electron chi connectivity index (χ2n) is 7.57. The third-order valence-corrected chi connectivity index (χ3v) is 7.01. The fourth-order valence-electron chi connectivity index (χ4n) is 3.91. The van der Waals surface area contributed by atoms with E-state index in [4.69, 9.17) is 0 Å². The molecule has 2 heterocycles. The largest absolute Gasteiger partial charge is 0.401 e. The van der Waals surface area contributed by atoms with Crippen LogP contribution in [0, 0.1) is 0 Å². The van der Waals surface area contributed by atoms with Gasteiger partial charge in [0.05, 0.1) is 18.1 Å². The van der Waals surface area contributed by atoms with E-state index in [1.807, 2.05) is 35.2 Å². The van der Waals surface area contributed by atoms with Crippen LogP contribution in [0.4, 0.5) is 13.2 Å². The lowest BCUT2D eigenvalue weighted by atomic mass is 10.0. The monoisotopic (exact) mass is 433 g/mol. The van der Waals surface area contributed by atoms with Crippen molar-refractivity contribution < 1.29 is 26.4 Å². The van der Waals surface area contributed by atoms with Crippen LogP contribution in [0.1, 0.15) is 18.0 Å². The molecule has 1 amide bonds. The van der Waals surface area contributed by atoms with Crippen LogP contribution in [0.25, 0.3) is 0 Å². The molecule has 0 aliphatic carbocycles. The fourth-order valence-corrected chi connectivity index (χ4v) is 5.14. The second kappa shape index (κ2) is 9.01. The van der Waals surface area contributed by atoms with E-state index in [1.165, 1.54) is 4.90 Å². The third kappa shape index (κ3) is 6.16. The van der Waals surface area contributed by atoms with Crippen LogP contribution in [0.5, 0.6) is 0 Å². The number of sulfone groups is 1. The first-order chi connectivity index (χ1) is 13.6. The molecule has 0 saturated carbocycles. The maximum absolute atomic E-state index is 13.4. The lowest BCUT2D eigenvalue weighted by Gasteiger charge is -2.36. The number of amides is 1. The van der Waals surface area contributed by atoms with Gasteiger partial charge in [-0.1, -0.05) is 30.3 Å². The molecular weight excluding hydrogens is 407 g/mol. The Labute approximate surface area is 169 Å². The number of benzene rings is 1. The highest BCUT2D eigenvalue weighted by Gasteiger charge is 2.36. The maximum atomic E-state index is 13.4. The van der Waals surface area contributed by atoms with Crippen molar-refractivity contribution in [1.29, 1.82) is 0 Å². The fraction of sp³-hybridized carbons (Fsp3) is 0.632. The normalized spacial score (nSPS) is 22.8. The lowest BCUT2D eigenvalue weighted by molar-refractivity contribution is -0.145. The molecule has 6 nitrogen and oxygen atoms in total. The van der Waals surface area contributed by atoms with Gasteiger partial charge in [-0.25, -0.2) is 8.42 Å².